The van der Waals surface area contributed by atoms with Crippen molar-refractivity contribution in [2.45, 2.75) is 40.0 Å². The molecule has 0 unspecified atom stereocenters. The Hall–Kier alpha value is -0.0800. The zero-order chi connectivity index (χ0) is 16.2. The van der Waals surface area contributed by atoms with Crippen molar-refractivity contribution in [3.8, 4) is 0 Å². The second-order valence-corrected chi connectivity index (χ2v) is 6.47. The van der Waals surface area contributed by atoms with Gasteiger partial charge >= 0.3 is 0 Å². The van der Waals surface area contributed by atoms with Crippen LogP contribution in [0.2, 0.25) is 0 Å². The standard InChI is InChI=1S/C17H35N3O2.HI/c1-5-18-17(19-9-12-21-11-8-15(2)3)20(4)10-13-22-14-16-6-7-16;/h15-16H,5-14H2,1-4H3,(H,18,19);1H. The van der Waals surface area contributed by atoms with Crippen LogP contribution in [0.1, 0.15) is 40.0 Å². The summed E-state index contributed by atoms with van der Waals surface area (Å²) >= 11 is 0. The van der Waals surface area contributed by atoms with E-state index in [1.807, 2.05) is 0 Å². The molecule has 0 aromatic heterocycles. The molecule has 1 rings (SSSR count). The fraction of sp³-hybridized carbons (Fsp3) is 0.941. The number of nitrogens with zero attached hydrogens (tertiary/aromatic N) is 2. The normalized spacial score (nSPS) is 14.7. The molecule has 0 amide bonds. The molecule has 1 aliphatic carbocycles. The summed E-state index contributed by atoms with van der Waals surface area (Å²) in [6.07, 6.45) is 3.80. The SMILES string of the molecule is CCNC(=NCCOCCC(C)C)N(C)CCOCC1CC1.I. The summed E-state index contributed by atoms with van der Waals surface area (Å²) in [5.41, 5.74) is 0. The van der Waals surface area contributed by atoms with E-state index in [4.69, 9.17) is 9.47 Å². The Labute approximate surface area is 159 Å². The van der Waals surface area contributed by atoms with Crippen LogP contribution in [-0.4, -0.2) is 64.0 Å². The Morgan fingerprint density at radius 3 is 2.57 bits per heavy atom. The molecule has 0 radical (unpaired) electrons. The summed E-state index contributed by atoms with van der Waals surface area (Å²) in [5, 5.41) is 3.32. The van der Waals surface area contributed by atoms with Gasteiger partial charge in [0.05, 0.1) is 19.8 Å². The van der Waals surface area contributed by atoms with Crippen LogP contribution in [0.5, 0.6) is 0 Å². The van der Waals surface area contributed by atoms with Gasteiger partial charge in [-0.25, -0.2) is 0 Å². The minimum atomic E-state index is 0. The second kappa shape index (κ2) is 14.3. The highest BCUT2D eigenvalue weighted by atomic mass is 127. The molecule has 1 fully saturated rings. The number of halogens is 1. The lowest BCUT2D eigenvalue weighted by molar-refractivity contribution is 0.114. The molecule has 0 spiro atoms. The van der Waals surface area contributed by atoms with Crippen molar-refractivity contribution in [1.82, 2.24) is 10.2 Å². The first-order valence-corrected chi connectivity index (χ1v) is 8.78. The minimum absolute atomic E-state index is 0. The summed E-state index contributed by atoms with van der Waals surface area (Å²) in [6, 6.07) is 0. The van der Waals surface area contributed by atoms with E-state index >= 15 is 0 Å². The van der Waals surface area contributed by atoms with Gasteiger partial charge in [-0.15, -0.1) is 24.0 Å². The van der Waals surface area contributed by atoms with Crippen LogP contribution < -0.4 is 5.32 Å². The third kappa shape index (κ3) is 12.9. The zero-order valence-corrected chi connectivity index (χ0v) is 17.7. The molecule has 0 atom stereocenters. The third-order valence-electron chi connectivity index (χ3n) is 3.65. The lowest BCUT2D eigenvalue weighted by Crippen LogP contribution is -2.40. The van der Waals surface area contributed by atoms with Gasteiger partial charge in [0.1, 0.15) is 0 Å². The third-order valence-corrected chi connectivity index (χ3v) is 3.65. The molecule has 0 bridgehead atoms. The van der Waals surface area contributed by atoms with E-state index in [1.54, 1.807) is 0 Å². The predicted molar refractivity (Wildman–Crippen MR) is 108 cm³/mol. The van der Waals surface area contributed by atoms with Crippen LogP contribution >= 0.6 is 24.0 Å². The first-order chi connectivity index (χ1) is 10.6. The summed E-state index contributed by atoms with van der Waals surface area (Å²) in [7, 11) is 2.06. The van der Waals surface area contributed by atoms with E-state index in [0.717, 1.165) is 51.2 Å². The van der Waals surface area contributed by atoms with Crippen LogP contribution in [0.4, 0.5) is 0 Å². The van der Waals surface area contributed by atoms with E-state index in [1.165, 1.54) is 12.8 Å². The molecule has 138 valence electrons. The molecular formula is C17H36IN3O2. The van der Waals surface area contributed by atoms with E-state index in [0.29, 0.717) is 19.1 Å². The topological polar surface area (TPSA) is 46.1 Å². The molecular weight excluding hydrogens is 405 g/mol. The van der Waals surface area contributed by atoms with Crippen molar-refractivity contribution in [3.05, 3.63) is 0 Å². The van der Waals surface area contributed by atoms with Gasteiger partial charge in [0.15, 0.2) is 5.96 Å². The van der Waals surface area contributed by atoms with Gasteiger partial charge in [-0.05, 0) is 38.0 Å². The first-order valence-electron chi connectivity index (χ1n) is 8.78. The predicted octanol–water partition coefficient (Wildman–Crippen LogP) is 2.99. The highest BCUT2D eigenvalue weighted by Gasteiger charge is 2.21. The van der Waals surface area contributed by atoms with E-state index < -0.39 is 0 Å². The smallest absolute Gasteiger partial charge is 0.193 e. The Bertz CT molecular complexity index is 310. The molecule has 5 nitrogen and oxygen atoms in total. The van der Waals surface area contributed by atoms with Gasteiger partial charge in [0, 0.05) is 33.4 Å². The molecule has 1 N–H and O–H groups in total. The monoisotopic (exact) mass is 441 g/mol. The number of ether oxygens (including phenoxy) is 2. The first kappa shape index (κ1) is 22.9. The Balaban J connectivity index is 0.00000484. The number of rotatable bonds is 12. The summed E-state index contributed by atoms with van der Waals surface area (Å²) < 4.78 is 11.3. The average molecular weight is 441 g/mol. The fourth-order valence-electron chi connectivity index (χ4n) is 1.95. The van der Waals surface area contributed by atoms with Gasteiger partial charge in [-0.3, -0.25) is 4.99 Å². The zero-order valence-electron chi connectivity index (χ0n) is 15.3. The second-order valence-electron chi connectivity index (χ2n) is 6.47. The molecule has 1 aliphatic rings. The van der Waals surface area contributed by atoms with Crippen LogP contribution in [0.15, 0.2) is 4.99 Å². The lowest BCUT2D eigenvalue weighted by atomic mass is 10.1. The van der Waals surface area contributed by atoms with Crippen molar-refractivity contribution in [1.29, 1.82) is 0 Å². The van der Waals surface area contributed by atoms with Crippen LogP contribution in [0.25, 0.3) is 0 Å². The van der Waals surface area contributed by atoms with Crippen molar-refractivity contribution in [2.24, 2.45) is 16.8 Å². The van der Waals surface area contributed by atoms with Crippen molar-refractivity contribution in [3.63, 3.8) is 0 Å². The number of nitrogens with one attached hydrogen (secondary N) is 1. The lowest BCUT2D eigenvalue weighted by Gasteiger charge is -2.22. The largest absolute Gasteiger partial charge is 0.380 e. The average Bonchev–Trinajstić information content (AvgIpc) is 3.29. The maximum atomic E-state index is 5.69. The molecule has 0 saturated heterocycles. The minimum Gasteiger partial charge on any atom is -0.380 e. The molecule has 0 aromatic rings. The van der Waals surface area contributed by atoms with E-state index in [-0.39, 0.29) is 24.0 Å². The Kier molecular flexibility index (Phi) is 14.2. The molecule has 1 saturated carbocycles. The van der Waals surface area contributed by atoms with Crippen LogP contribution in [-0.2, 0) is 9.47 Å². The maximum absolute atomic E-state index is 5.69. The number of likely N-dealkylation sites (N-methyl/N-ethyl adjacent to an activating group) is 1. The van der Waals surface area contributed by atoms with Crippen LogP contribution in [0, 0.1) is 11.8 Å². The van der Waals surface area contributed by atoms with Gasteiger partial charge in [-0.2, -0.15) is 0 Å². The molecule has 23 heavy (non-hydrogen) atoms. The number of aliphatic imine (C=N–C) groups is 1. The van der Waals surface area contributed by atoms with Crippen molar-refractivity contribution in [2.75, 3.05) is 53.1 Å². The van der Waals surface area contributed by atoms with E-state index in [2.05, 4.69) is 43.0 Å². The van der Waals surface area contributed by atoms with E-state index in [9.17, 15) is 0 Å². The van der Waals surface area contributed by atoms with Gasteiger partial charge < -0.3 is 19.7 Å². The van der Waals surface area contributed by atoms with Gasteiger partial charge in [0.2, 0.25) is 0 Å². The maximum Gasteiger partial charge on any atom is 0.193 e. The highest BCUT2D eigenvalue weighted by Crippen LogP contribution is 2.28. The molecule has 0 aromatic carbocycles. The highest BCUT2D eigenvalue weighted by molar-refractivity contribution is 14.0. The number of hydrogen-bond donors (Lipinski definition) is 1. The van der Waals surface area contributed by atoms with Gasteiger partial charge in [0.25, 0.3) is 0 Å². The van der Waals surface area contributed by atoms with Crippen LogP contribution in [0.3, 0.4) is 0 Å². The summed E-state index contributed by atoms with van der Waals surface area (Å²) in [4.78, 5) is 6.74. The Morgan fingerprint density at radius 2 is 1.96 bits per heavy atom. The molecule has 0 heterocycles. The summed E-state index contributed by atoms with van der Waals surface area (Å²) in [6.45, 7) is 12.2. The molecule has 6 heteroatoms. The Morgan fingerprint density at radius 1 is 1.22 bits per heavy atom. The number of hydrogen-bond acceptors (Lipinski definition) is 3. The van der Waals surface area contributed by atoms with Crippen molar-refractivity contribution >= 4 is 29.9 Å². The molecule has 0 aliphatic heterocycles. The van der Waals surface area contributed by atoms with Crippen molar-refractivity contribution < 1.29 is 9.47 Å². The number of guanidine groups is 1. The summed E-state index contributed by atoms with van der Waals surface area (Å²) in [5.74, 6) is 2.46. The quantitative estimate of drug-likeness (QED) is 0.219. The fourth-order valence-corrected chi connectivity index (χ4v) is 1.95. The van der Waals surface area contributed by atoms with Gasteiger partial charge in [-0.1, -0.05) is 13.8 Å².